The maximum Gasteiger partial charge on any atom is 0.298 e. The standard InChI is InChI=1S/C6H9N3O6S2/c7-9-8-6(17(13,14)15)4-2-1-3-5(6)16(10,11)12/h1-5H,(H2,7,8)(H,10,11,12)(H,13,14,15). The lowest BCUT2D eigenvalue weighted by molar-refractivity contribution is 0.423. The van der Waals surface area contributed by atoms with Gasteiger partial charge in [-0.25, -0.2) is 0 Å². The Labute approximate surface area is 97.2 Å². The number of rotatable bonds is 3. The van der Waals surface area contributed by atoms with Crippen LogP contribution in [0.5, 0.6) is 0 Å². The fraction of sp³-hybridized carbons (Fsp3) is 0.333. The minimum absolute atomic E-state index is 0.761. The number of nitrogens with two attached hydrogens (primary N) is 1. The van der Waals surface area contributed by atoms with Crippen molar-refractivity contribution < 1.29 is 25.9 Å². The summed E-state index contributed by atoms with van der Waals surface area (Å²) in [6.45, 7) is 0. The molecule has 0 heterocycles. The van der Waals surface area contributed by atoms with E-state index in [1.54, 1.807) is 0 Å². The molecule has 0 saturated carbocycles. The van der Waals surface area contributed by atoms with Gasteiger partial charge >= 0.3 is 0 Å². The molecule has 0 spiro atoms. The molecule has 0 aliphatic heterocycles. The summed E-state index contributed by atoms with van der Waals surface area (Å²) < 4.78 is 62.6. The first-order valence-corrected chi connectivity index (χ1v) is 7.01. The Morgan fingerprint density at radius 3 is 2.18 bits per heavy atom. The third-order valence-corrected chi connectivity index (χ3v) is 4.69. The fourth-order valence-corrected chi connectivity index (χ4v) is 3.71. The molecule has 2 atom stereocenters. The maximum absolute atomic E-state index is 11.2. The first-order valence-electron chi connectivity index (χ1n) is 4.06. The van der Waals surface area contributed by atoms with Crippen LogP contribution in [0.2, 0.25) is 0 Å². The molecule has 0 amide bonds. The lowest BCUT2D eigenvalue weighted by Crippen LogP contribution is -2.49. The van der Waals surface area contributed by atoms with Gasteiger partial charge in [-0.2, -0.15) is 16.8 Å². The molecule has 0 saturated heterocycles. The molecule has 96 valence electrons. The topological polar surface area (TPSA) is 159 Å². The Morgan fingerprint density at radius 2 is 1.76 bits per heavy atom. The molecule has 0 aromatic rings. The SMILES string of the molecule is NN=NC1(S(=O)(=O)O)C=CC=CC1S(=O)(=O)O. The molecule has 0 aromatic carbocycles. The molecule has 1 rings (SSSR count). The minimum Gasteiger partial charge on any atom is -0.305 e. The van der Waals surface area contributed by atoms with Gasteiger partial charge in [-0.05, 0) is 6.08 Å². The number of nitrogens with zero attached hydrogens (tertiary/aromatic N) is 2. The van der Waals surface area contributed by atoms with Gasteiger partial charge in [0.1, 0.15) is 0 Å². The smallest absolute Gasteiger partial charge is 0.298 e. The van der Waals surface area contributed by atoms with Gasteiger partial charge in [-0.15, -0.1) is 5.11 Å². The van der Waals surface area contributed by atoms with Crippen molar-refractivity contribution in [2.24, 2.45) is 16.2 Å². The monoisotopic (exact) mass is 283 g/mol. The molecule has 1 aliphatic rings. The van der Waals surface area contributed by atoms with Crippen molar-refractivity contribution >= 4 is 20.2 Å². The molecule has 0 bridgehead atoms. The molecule has 1 aliphatic carbocycles. The largest absolute Gasteiger partial charge is 0.305 e. The van der Waals surface area contributed by atoms with Crippen LogP contribution >= 0.6 is 0 Å². The van der Waals surface area contributed by atoms with Crippen LogP contribution in [0.25, 0.3) is 0 Å². The van der Waals surface area contributed by atoms with Crippen LogP contribution < -0.4 is 5.84 Å². The summed E-state index contributed by atoms with van der Waals surface area (Å²) in [6, 6.07) is 0. The predicted molar refractivity (Wildman–Crippen MR) is 56.9 cm³/mol. The van der Waals surface area contributed by atoms with Crippen molar-refractivity contribution in [2.75, 3.05) is 0 Å². The van der Waals surface area contributed by atoms with Crippen LogP contribution in [0.15, 0.2) is 34.6 Å². The van der Waals surface area contributed by atoms with Crippen LogP contribution in [0, 0.1) is 0 Å². The van der Waals surface area contributed by atoms with E-state index in [4.69, 9.17) is 14.9 Å². The van der Waals surface area contributed by atoms with E-state index in [9.17, 15) is 16.8 Å². The normalized spacial score (nSPS) is 29.9. The van der Waals surface area contributed by atoms with E-state index in [0.29, 0.717) is 0 Å². The van der Waals surface area contributed by atoms with Crippen LogP contribution in [0.3, 0.4) is 0 Å². The highest BCUT2D eigenvalue weighted by molar-refractivity contribution is 7.91. The summed E-state index contributed by atoms with van der Waals surface area (Å²) in [5.41, 5.74) is 0. The fourth-order valence-electron chi connectivity index (χ4n) is 1.37. The van der Waals surface area contributed by atoms with E-state index in [1.807, 2.05) is 0 Å². The van der Waals surface area contributed by atoms with E-state index < -0.39 is 30.4 Å². The Kier molecular flexibility index (Phi) is 3.38. The summed E-state index contributed by atoms with van der Waals surface area (Å²) in [4.78, 5) is -2.68. The van der Waals surface area contributed by atoms with Crippen LogP contribution in [0.4, 0.5) is 0 Å². The predicted octanol–water partition coefficient (Wildman–Crippen LogP) is -0.721. The van der Waals surface area contributed by atoms with E-state index in [2.05, 4.69) is 10.3 Å². The molecule has 0 radical (unpaired) electrons. The lowest BCUT2D eigenvalue weighted by Gasteiger charge is -2.27. The number of hydrogen-bond donors (Lipinski definition) is 3. The maximum atomic E-state index is 11.2. The van der Waals surface area contributed by atoms with Gasteiger partial charge in [0.25, 0.3) is 20.2 Å². The van der Waals surface area contributed by atoms with E-state index >= 15 is 0 Å². The van der Waals surface area contributed by atoms with Gasteiger partial charge in [-0.3, -0.25) is 9.11 Å². The summed E-state index contributed by atoms with van der Waals surface area (Å²) in [6.07, 6.45) is 3.91. The summed E-state index contributed by atoms with van der Waals surface area (Å²) in [5.74, 6) is 4.70. The van der Waals surface area contributed by atoms with Crippen molar-refractivity contribution in [3.8, 4) is 0 Å². The van der Waals surface area contributed by atoms with Gasteiger partial charge in [0.2, 0.25) is 4.87 Å². The Balaban J connectivity index is 3.60. The van der Waals surface area contributed by atoms with Crippen LogP contribution in [-0.4, -0.2) is 36.1 Å². The quantitative estimate of drug-likeness (QED) is 0.266. The lowest BCUT2D eigenvalue weighted by atomic mass is 10.1. The zero-order chi connectivity index (χ0) is 13.3. The van der Waals surface area contributed by atoms with Gasteiger partial charge in [0, 0.05) is 0 Å². The highest BCUT2D eigenvalue weighted by Gasteiger charge is 2.54. The van der Waals surface area contributed by atoms with E-state index in [0.717, 1.165) is 18.2 Å². The van der Waals surface area contributed by atoms with Gasteiger partial charge in [0.15, 0.2) is 5.25 Å². The molecular formula is C6H9N3O6S2. The second-order valence-corrected chi connectivity index (χ2v) is 6.26. The van der Waals surface area contributed by atoms with E-state index in [-0.39, 0.29) is 0 Å². The van der Waals surface area contributed by atoms with Crippen molar-refractivity contribution in [3.05, 3.63) is 24.3 Å². The molecule has 17 heavy (non-hydrogen) atoms. The zero-order valence-corrected chi connectivity index (χ0v) is 9.84. The minimum atomic E-state index is -5.00. The Hall–Kier alpha value is -1.30. The van der Waals surface area contributed by atoms with Crippen LogP contribution in [-0.2, 0) is 20.2 Å². The summed E-state index contributed by atoms with van der Waals surface area (Å²) in [5, 5.41) is 3.68. The summed E-state index contributed by atoms with van der Waals surface area (Å²) in [7, 11) is -9.82. The number of hydrogen-bond acceptors (Lipinski definition) is 6. The molecule has 4 N–H and O–H groups in total. The second kappa shape index (κ2) is 4.18. The summed E-state index contributed by atoms with van der Waals surface area (Å²) >= 11 is 0. The molecule has 0 aromatic heterocycles. The molecule has 0 fully saturated rings. The average molecular weight is 283 g/mol. The Morgan fingerprint density at radius 1 is 1.18 bits per heavy atom. The van der Waals surface area contributed by atoms with Gasteiger partial charge in [-0.1, -0.05) is 23.5 Å². The average Bonchev–Trinajstić information content (AvgIpc) is 2.15. The third-order valence-electron chi connectivity index (χ3n) is 2.09. The second-order valence-electron chi connectivity index (χ2n) is 3.12. The van der Waals surface area contributed by atoms with Gasteiger partial charge in [0.05, 0.1) is 0 Å². The molecule has 9 nitrogen and oxygen atoms in total. The number of allylic oxidation sites excluding steroid dienone is 2. The van der Waals surface area contributed by atoms with Crippen molar-refractivity contribution in [1.29, 1.82) is 0 Å². The molecular weight excluding hydrogens is 274 g/mol. The first-order chi connectivity index (χ1) is 7.65. The van der Waals surface area contributed by atoms with E-state index in [1.165, 1.54) is 6.08 Å². The highest BCUT2D eigenvalue weighted by Crippen LogP contribution is 2.33. The zero-order valence-electron chi connectivity index (χ0n) is 8.20. The van der Waals surface area contributed by atoms with Crippen molar-refractivity contribution in [1.82, 2.24) is 0 Å². The first kappa shape index (κ1) is 13.8. The Bertz CT molecular complexity index is 589. The third kappa shape index (κ3) is 2.36. The van der Waals surface area contributed by atoms with Crippen molar-refractivity contribution in [2.45, 2.75) is 10.1 Å². The van der Waals surface area contributed by atoms with Gasteiger partial charge < -0.3 is 5.84 Å². The van der Waals surface area contributed by atoms with Crippen LogP contribution in [0.1, 0.15) is 0 Å². The molecule has 11 heteroatoms. The van der Waals surface area contributed by atoms with Crippen molar-refractivity contribution in [3.63, 3.8) is 0 Å². The highest BCUT2D eigenvalue weighted by atomic mass is 32.2. The molecule has 2 unspecified atom stereocenters.